The summed E-state index contributed by atoms with van der Waals surface area (Å²) in [4.78, 5) is 15.4. The number of hydrogen-bond acceptors (Lipinski definition) is 5. The van der Waals surface area contributed by atoms with Crippen molar-refractivity contribution in [3.63, 3.8) is 0 Å². The molecule has 0 bridgehead atoms. The number of rotatable bonds is 4. The van der Waals surface area contributed by atoms with E-state index in [2.05, 4.69) is 20.9 Å². The number of aromatic nitrogens is 1. The average Bonchev–Trinajstić information content (AvgIpc) is 2.41. The highest BCUT2D eigenvalue weighted by Gasteiger charge is 2.16. The van der Waals surface area contributed by atoms with E-state index in [-0.39, 0.29) is 12.3 Å². The quantitative estimate of drug-likeness (QED) is 0.681. The normalized spacial score (nSPS) is 10.4. The third kappa shape index (κ3) is 3.52. The predicted molar refractivity (Wildman–Crippen MR) is 75.1 cm³/mol. The van der Waals surface area contributed by atoms with Gasteiger partial charge in [-0.3, -0.25) is 10.1 Å². The molecule has 0 saturated heterocycles. The highest BCUT2D eigenvalue weighted by atomic mass is 79.9. The standard InChI is InChI=1S/C12H9BrN2O3S/c13-9-5-11(15(17)18)12(14-6-9)19-10-3-1-8(7-16)2-4-10/h1-6,16H,7H2. The van der Waals surface area contributed by atoms with E-state index in [4.69, 9.17) is 5.11 Å². The van der Waals surface area contributed by atoms with Crippen molar-refractivity contribution in [1.82, 2.24) is 4.98 Å². The molecule has 0 aliphatic carbocycles. The van der Waals surface area contributed by atoms with E-state index in [0.717, 1.165) is 10.5 Å². The van der Waals surface area contributed by atoms with Gasteiger partial charge in [0.1, 0.15) is 0 Å². The van der Waals surface area contributed by atoms with Gasteiger partial charge in [-0.2, -0.15) is 0 Å². The molecule has 0 amide bonds. The minimum absolute atomic E-state index is 0.0262. The largest absolute Gasteiger partial charge is 0.392 e. The van der Waals surface area contributed by atoms with Gasteiger partial charge in [-0.25, -0.2) is 4.98 Å². The van der Waals surface area contributed by atoms with E-state index in [1.807, 2.05) is 0 Å². The second-order valence-electron chi connectivity index (χ2n) is 3.64. The second-order valence-corrected chi connectivity index (χ2v) is 5.62. The fourth-order valence-corrected chi connectivity index (χ4v) is 2.56. The van der Waals surface area contributed by atoms with Crippen LogP contribution < -0.4 is 0 Å². The molecule has 1 aromatic heterocycles. The molecule has 0 spiro atoms. The molecule has 5 nitrogen and oxygen atoms in total. The van der Waals surface area contributed by atoms with Crippen LogP contribution in [0.1, 0.15) is 5.56 Å². The minimum Gasteiger partial charge on any atom is -0.392 e. The Kier molecular flexibility index (Phi) is 4.52. The number of aliphatic hydroxyl groups is 1. The van der Waals surface area contributed by atoms with E-state index in [0.29, 0.717) is 9.50 Å². The Morgan fingerprint density at radius 1 is 1.37 bits per heavy atom. The summed E-state index contributed by atoms with van der Waals surface area (Å²) >= 11 is 4.38. The maximum Gasteiger partial charge on any atom is 0.302 e. The fourth-order valence-electron chi connectivity index (χ4n) is 1.40. The summed E-state index contributed by atoms with van der Waals surface area (Å²) in [6.07, 6.45) is 1.53. The molecule has 2 rings (SSSR count). The van der Waals surface area contributed by atoms with Gasteiger partial charge < -0.3 is 5.11 Å². The molecule has 0 radical (unpaired) electrons. The van der Waals surface area contributed by atoms with Crippen LogP contribution in [0.25, 0.3) is 0 Å². The molecule has 2 aromatic rings. The van der Waals surface area contributed by atoms with Crippen molar-refractivity contribution in [2.75, 3.05) is 0 Å². The molecule has 0 unspecified atom stereocenters. The number of nitrogens with zero attached hydrogens (tertiary/aromatic N) is 2. The van der Waals surface area contributed by atoms with E-state index >= 15 is 0 Å². The summed E-state index contributed by atoms with van der Waals surface area (Å²) in [5, 5.41) is 20.3. The minimum atomic E-state index is -0.456. The van der Waals surface area contributed by atoms with Crippen molar-refractivity contribution < 1.29 is 10.0 Å². The van der Waals surface area contributed by atoms with Crippen LogP contribution in [0.5, 0.6) is 0 Å². The van der Waals surface area contributed by atoms with Crippen LogP contribution >= 0.6 is 27.7 Å². The molecule has 0 fully saturated rings. The van der Waals surface area contributed by atoms with Crippen LogP contribution in [0.2, 0.25) is 0 Å². The van der Waals surface area contributed by atoms with Crippen molar-refractivity contribution in [2.45, 2.75) is 16.5 Å². The Morgan fingerprint density at radius 3 is 2.63 bits per heavy atom. The van der Waals surface area contributed by atoms with Crippen LogP contribution in [0.3, 0.4) is 0 Å². The molecule has 0 saturated carbocycles. The lowest BCUT2D eigenvalue weighted by Gasteiger charge is -2.03. The van der Waals surface area contributed by atoms with E-state index < -0.39 is 4.92 Å². The van der Waals surface area contributed by atoms with Gasteiger partial charge in [-0.1, -0.05) is 23.9 Å². The molecule has 98 valence electrons. The smallest absolute Gasteiger partial charge is 0.302 e. The Bertz CT molecular complexity index is 604. The lowest BCUT2D eigenvalue weighted by molar-refractivity contribution is -0.388. The van der Waals surface area contributed by atoms with Gasteiger partial charge in [0.05, 0.1) is 11.5 Å². The zero-order valence-corrected chi connectivity index (χ0v) is 12.0. The monoisotopic (exact) mass is 340 g/mol. The SMILES string of the molecule is O=[N+]([O-])c1cc(Br)cnc1Sc1ccc(CO)cc1. The first-order chi connectivity index (χ1) is 9.10. The average molecular weight is 341 g/mol. The third-order valence-electron chi connectivity index (χ3n) is 2.32. The van der Waals surface area contributed by atoms with Gasteiger partial charge in [0.15, 0.2) is 5.03 Å². The zero-order valence-electron chi connectivity index (χ0n) is 9.62. The maximum absolute atomic E-state index is 11.0. The Morgan fingerprint density at radius 2 is 2.05 bits per heavy atom. The third-order valence-corrected chi connectivity index (χ3v) is 3.77. The van der Waals surface area contributed by atoms with E-state index in [1.54, 1.807) is 24.3 Å². The van der Waals surface area contributed by atoms with Crippen LogP contribution in [0.15, 0.2) is 50.9 Å². The number of nitro groups is 1. The van der Waals surface area contributed by atoms with Gasteiger partial charge >= 0.3 is 5.69 Å². The van der Waals surface area contributed by atoms with Gasteiger partial charge in [0, 0.05) is 21.6 Å². The molecule has 1 N–H and O–H groups in total. The van der Waals surface area contributed by atoms with Crippen molar-refractivity contribution in [2.24, 2.45) is 0 Å². The Labute approximate surface area is 122 Å². The van der Waals surface area contributed by atoms with Crippen molar-refractivity contribution in [1.29, 1.82) is 0 Å². The molecule has 1 heterocycles. The van der Waals surface area contributed by atoms with Crippen molar-refractivity contribution in [3.8, 4) is 0 Å². The predicted octanol–water partition coefficient (Wildman–Crippen LogP) is 3.40. The van der Waals surface area contributed by atoms with E-state index in [9.17, 15) is 10.1 Å². The van der Waals surface area contributed by atoms with Crippen LogP contribution in [-0.2, 0) is 6.61 Å². The highest BCUT2D eigenvalue weighted by Crippen LogP contribution is 2.34. The topological polar surface area (TPSA) is 76.3 Å². The van der Waals surface area contributed by atoms with E-state index in [1.165, 1.54) is 24.0 Å². The van der Waals surface area contributed by atoms with Gasteiger partial charge in [0.25, 0.3) is 0 Å². The first kappa shape index (κ1) is 14.0. The first-order valence-corrected chi connectivity index (χ1v) is 6.88. The van der Waals surface area contributed by atoms with Crippen LogP contribution in [0.4, 0.5) is 5.69 Å². The Balaban J connectivity index is 2.29. The number of aliphatic hydroxyl groups excluding tert-OH is 1. The number of halogens is 1. The molecule has 7 heteroatoms. The summed E-state index contributed by atoms with van der Waals surface area (Å²) in [7, 11) is 0. The molecule has 19 heavy (non-hydrogen) atoms. The van der Waals surface area contributed by atoms with Gasteiger partial charge in [-0.05, 0) is 33.6 Å². The van der Waals surface area contributed by atoms with Gasteiger partial charge in [0.2, 0.25) is 0 Å². The molecule has 1 aromatic carbocycles. The number of hydrogen-bond donors (Lipinski definition) is 1. The molecule has 0 aliphatic rings. The number of benzene rings is 1. The lowest BCUT2D eigenvalue weighted by atomic mass is 10.2. The van der Waals surface area contributed by atoms with Gasteiger partial charge in [-0.15, -0.1) is 0 Å². The zero-order chi connectivity index (χ0) is 13.8. The summed E-state index contributed by atoms with van der Waals surface area (Å²) < 4.78 is 0.569. The maximum atomic E-state index is 11.0. The number of pyridine rings is 1. The van der Waals surface area contributed by atoms with Crippen molar-refractivity contribution >= 4 is 33.4 Å². The highest BCUT2D eigenvalue weighted by molar-refractivity contribution is 9.10. The van der Waals surface area contributed by atoms with Crippen LogP contribution in [0, 0.1) is 10.1 Å². The second kappa shape index (κ2) is 6.14. The summed E-state index contributed by atoms with van der Waals surface area (Å²) in [5.41, 5.74) is 0.758. The molecule has 0 atom stereocenters. The van der Waals surface area contributed by atoms with Crippen molar-refractivity contribution in [3.05, 3.63) is 56.7 Å². The summed E-state index contributed by atoms with van der Waals surface area (Å²) in [6, 6.07) is 8.56. The summed E-state index contributed by atoms with van der Waals surface area (Å²) in [5.74, 6) is 0. The lowest BCUT2D eigenvalue weighted by Crippen LogP contribution is -1.93. The summed E-state index contributed by atoms with van der Waals surface area (Å²) in [6.45, 7) is -0.0262. The fraction of sp³-hybridized carbons (Fsp3) is 0.0833. The first-order valence-electron chi connectivity index (χ1n) is 5.27. The molecular formula is C12H9BrN2O3S. The molecule has 0 aliphatic heterocycles. The van der Waals surface area contributed by atoms with Crippen LogP contribution in [-0.4, -0.2) is 15.0 Å². The molecular weight excluding hydrogens is 332 g/mol. The Hall–Kier alpha value is -1.44.